The van der Waals surface area contributed by atoms with Gasteiger partial charge in [-0.3, -0.25) is 4.55 Å². The first-order valence-electron chi connectivity index (χ1n) is 6.84. The first kappa shape index (κ1) is 24.3. The molecule has 0 amide bonds. The predicted molar refractivity (Wildman–Crippen MR) is 83.7 cm³/mol. The Morgan fingerprint density at radius 1 is 0.905 bits per heavy atom. The third-order valence-electron chi connectivity index (χ3n) is 3.01. The molecular formula is C12H24F3NaO3S2. The van der Waals surface area contributed by atoms with E-state index in [9.17, 15) is 21.6 Å². The number of thiol groups is 1. The molecule has 0 aliphatic heterocycles. The summed E-state index contributed by atoms with van der Waals surface area (Å²) < 4.78 is 64.6. The zero-order chi connectivity index (χ0) is 15.6. The maximum absolute atomic E-state index is 11.9. The molecule has 21 heavy (non-hydrogen) atoms. The van der Waals surface area contributed by atoms with Crippen LogP contribution in [0.25, 0.3) is 0 Å². The van der Waals surface area contributed by atoms with Crippen molar-refractivity contribution in [1.29, 1.82) is 0 Å². The number of halogens is 3. The second-order valence-electron chi connectivity index (χ2n) is 4.95. The number of hydrogen-bond acceptors (Lipinski definition) is 3. The number of alkyl halides is 3. The third kappa shape index (κ3) is 17.2. The molecular weight excluding hydrogens is 336 g/mol. The first-order chi connectivity index (χ1) is 9.13. The van der Waals surface area contributed by atoms with Crippen LogP contribution in [0.1, 0.15) is 64.2 Å². The Morgan fingerprint density at radius 3 is 1.67 bits per heavy atom. The maximum atomic E-state index is 11.9. The molecule has 9 heteroatoms. The van der Waals surface area contributed by atoms with Crippen molar-refractivity contribution in [2.75, 3.05) is 0 Å². The molecule has 0 spiro atoms. The first-order valence-corrected chi connectivity index (χ1v) is 8.86. The summed E-state index contributed by atoms with van der Waals surface area (Å²) in [7, 11) is -4.05. The van der Waals surface area contributed by atoms with Crippen LogP contribution in [0.4, 0.5) is 13.2 Å². The fourth-order valence-electron chi connectivity index (χ4n) is 1.85. The summed E-state index contributed by atoms with van der Waals surface area (Å²) in [6.45, 7) is 0. The number of unbranched alkanes of at least 4 members (excludes halogenated alkanes) is 7. The van der Waals surface area contributed by atoms with Crippen LogP contribution in [-0.2, 0) is 10.1 Å². The monoisotopic (exact) mass is 360 g/mol. The average molecular weight is 360 g/mol. The van der Waals surface area contributed by atoms with Gasteiger partial charge in [0.25, 0.3) is 10.1 Å². The Bertz CT molecular complexity index is 348. The Morgan fingerprint density at radius 2 is 1.29 bits per heavy atom. The summed E-state index contributed by atoms with van der Waals surface area (Å²) in [5.74, 6) is 0. The van der Waals surface area contributed by atoms with Gasteiger partial charge in [0.1, 0.15) is 4.58 Å². The van der Waals surface area contributed by atoms with Crippen molar-refractivity contribution in [2.24, 2.45) is 0 Å². The van der Waals surface area contributed by atoms with E-state index in [2.05, 4.69) is 12.6 Å². The van der Waals surface area contributed by atoms with Crippen molar-refractivity contribution in [3.63, 3.8) is 0 Å². The molecule has 124 valence electrons. The van der Waals surface area contributed by atoms with Gasteiger partial charge < -0.3 is 0 Å². The molecule has 0 rings (SSSR count). The van der Waals surface area contributed by atoms with E-state index in [-0.39, 0.29) is 36.0 Å². The van der Waals surface area contributed by atoms with Gasteiger partial charge in [-0.15, -0.1) is 0 Å². The fourth-order valence-corrected chi connectivity index (χ4v) is 2.50. The molecule has 3 nitrogen and oxygen atoms in total. The van der Waals surface area contributed by atoms with Crippen molar-refractivity contribution in [3.05, 3.63) is 0 Å². The predicted octanol–water partition coefficient (Wildman–Crippen LogP) is 3.94. The van der Waals surface area contributed by atoms with Crippen LogP contribution in [0.15, 0.2) is 0 Å². The Kier molecular flexibility index (Phi) is 14.4. The molecule has 1 N–H and O–H groups in total. The van der Waals surface area contributed by atoms with E-state index >= 15 is 0 Å². The van der Waals surface area contributed by atoms with Gasteiger partial charge in [0.05, 0.1) is 0 Å². The minimum absolute atomic E-state index is 0. The molecule has 0 aromatic rings. The van der Waals surface area contributed by atoms with Gasteiger partial charge in [0.2, 0.25) is 0 Å². The van der Waals surface area contributed by atoms with Gasteiger partial charge in [-0.1, -0.05) is 44.9 Å². The van der Waals surface area contributed by atoms with E-state index in [4.69, 9.17) is 4.55 Å². The molecule has 0 bridgehead atoms. The van der Waals surface area contributed by atoms with Gasteiger partial charge in [-0.05, 0) is 12.8 Å². The second kappa shape index (κ2) is 12.5. The zero-order valence-electron chi connectivity index (χ0n) is 11.4. The van der Waals surface area contributed by atoms with Gasteiger partial charge in [0.15, 0.2) is 0 Å². The minimum atomic E-state index is -4.05. The van der Waals surface area contributed by atoms with E-state index in [1.54, 1.807) is 0 Å². The zero-order valence-corrected chi connectivity index (χ0v) is 13.1. The summed E-state index contributed by atoms with van der Waals surface area (Å²) >= 11 is 3.79. The van der Waals surface area contributed by atoms with Gasteiger partial charge in [-0.2, -0.15) is 34.2 Å². The second-order valence-corrected chi connectivity index (χ2v) is 7.52. The van der Waals surface area contributed by atoms with Gasteiger partial charge in [-0.25, -0.2) is 0 Å². The van der Waals surface area contributed by atoms with E-state index in [0.29, 0.717) is 19.3 Å². The Balaban J connectivity index is 0. The fraction of sp³-hybridized carbons (Fsp3) is 1.00. The summed E-state index contributed by atoms with van der Waals surface area (Å²) in [6.07, 6.45) is 1.43. The van der Waals surface area contributed by atoms with E-state index in [1.165, 1.54) is 0 Å². The van der Waals surface area contributed by atoms with Crippen LogP contribution in [0, 0.1) is 0 Å². The number of rotatable bonds is 11. The Hall–Kier alpha value is 1.05. The van der Waals surface area contributed by atoms with Crippen LogP contribution in [0.2, 0.25) is 0 Å². The Labute approximate surface area is 152 Å². The van der Waals surface area contributed by atoms with Gasteiger partial charge >= 0.3 is 35.7 Å². The third-order valence-corrected chi connectivity index (χ3v) is 4.99. The molecule has 0 aromatic carbocycles. The quantitative estimate of drug-likeness (QED) is 0.254. The molecule has 1 atom stereocenters. The standard InChI is InChI=1S/C12H23F3O3S2.Na.H/c13-12(14,15)10-8-6-4-2-1-3-5-7-9-11(19)20(16,17)18;;/h11,19H,1-10H2,(H,16,17,18);;. The van der Waals surface area contributed by atoms with Crippen LogP contribution in [-0.4, -0.2) is 53.3 Å². The van der Waals surface area contributed by atoms with Crippen molar-refractivity contribution in [3.8, 4) is 0 Å². The van der Waals surface area contributed by atoms with Crippen LogP contribution in [0.5, 0.6) is 0 Å². The summed E-state index contributed by atoms with van der Waals surface area (Å²) in [6, 6.07) is 0. The van der Waals surface area contributed by atoms with Crippen LogP contribution >= 0.6 is 12.6 Å². The van der Waals surface area contributed by atoms with E-state index in [0.717, 1.165) is 32.1 Å². The van der Waals surface area contributed by atoms with Crippen molar-refractivity contribution in [2.45, 2.75) is 75.0 Å². The summed E-state index contributed by atoms with van der Waals surface area (Å²) in [5, 5.41) is 0. The average Bonchev–Trinajstić information content (AvgIpc) is 2.28. The topological polar surface area (TPSA) is 54.4 Å². The number of hydrogen-bond donors (Lipinski definition) is 2. The molecule has 0 saturated heterocycles. The normalized spacial score (nSPS) is 13.8. The molecule has 0 aliphatic rings. The van der Waals surface area contributed by atoms with Crippen molar-refractivity contribution >= 4 is 52.3 Å². The molecule has 0 saturated carbocycles. The SMILES string of the molecule is O=S(=O)(O)C(S)CCCCCCCCCCC(F)(F)F.[NaH]. The van der Waals surface area contributed by atoms with E-state index < -0.39 is 27.3 Å². The summed E-state index contributed by atoms with van der Waals surface area (Å²) in [4.78, 5) is 0. The van der Waals surface area contributed by atoms with Crippen molar-refractivity contribution < 1.29 is 26.1 Å². The molecule has 0 heterocycles. The molecule has 0 aromatic heterocycles. The van der Waals surface area contributed by atoms with Crippen LogP contribution in [0.3, 0.4) is 0 Å². The summed E-state index contributed by atoms with van der Waals surface area (Å²) in [5.41, 5.74) is 0. The van der Waals surface area contributed by atoms with Gasteiger partial charge in [0, 0.05) is 6.42 Å². The molecule has 0 aliphatic carbocycles. The molecule has 0 radical (unpaired) electrons. The molecule has 1 unspecified atom stereocenters. The van der Waals surface area contributed by atoms with Crippen LogP contribution < -0.4 is 0 Å². The van der Waals surface area contributed by atoms with Crippen molar-refractivity contribution in [1.82, 2.24) is 0 Å². The van der Waals surface area contributed by atoms with E-state index in [1.807, 2.05) is 0 Å². The molecule has 0 fully saturated rings.